The molecular weight excluding hydrogens is 398 g/mol. The molecule has 31 heavy (non-hydrogen) atoms. The smallest absolute Gasteiger partial charge is 0.337 e. The van der Waals surface area contributed by atoms with Gasteiger partial charge in [0.1, 0.15) is 6.33 Å². The first-order chi connectivity index (χ1) is 15.1. The Balaban J connectivity index is 1.44. The van der Waals surface area contributed by atoms with Crippen molar-refractivity contribution in [3.8, 4) is 11.3 Å². The third-order valence-corrected chi connectivity index (χ3v) is 4.40. The van der Waals surface area contributed by atoms with E-state index < -0.39 is 0 Å². The summed E-state index contributed by atoms with van der Waals surface area (Å²) in [6.45, 7) is -0.0127. The monoisotopic (exact) mass is 417 g/mol. The van der Waals surface area contributed by atoms with E-state index in [1.54, 1.807) is 30.3 Å². The summed E-state index contributed by atoms with van der Waals surface area (Å²) >= 11 is 0. The lowest BCUT2D eigenvalue weighted by atomic mass is 10.1. The number of aliphatic hydroxyl groups is 1. The zero-order valence-electron chi connectivity index (χ0n) is 16.5. The summed E-state index contributed by atoms with van der Waals surface area (Å²) in [7, 11) is 1.35. The van der Waals surface area contributed by atoms with Gasteiger partial charge in [0.25, 0.3) is 0 Å². The van der Waals surface area contributed by atoms with E-state index in [0.29, 0.717) is 23.3 Å². The van der Waals surface area contributed by atoms with E-state index in [-0.39, 0.29) is 12.6 Å². The Morgan fingerprint density at radius 1 is 1.03 bits per heavy atom. The number of rotatable bonds is 7. The fourth-order valence-corrected chi connectivity index (χ4v) is 2.79. The van der Waals surface area contributed by atoms with Crippen LogP contribution in [0.5, 0.6) is 0 Å². The summed E-state index contributed by atoms with van der Waals surface area (Å²) in [5.74, 6) is 0.825. The van der Waals surface area contributed by atoms with Crippen molar-refractivity contribution in [3.63, 3.8) is 0 Å². The van der Waals surface area contributed by atoms with Crippen LogP contribution in [0.1, 0.15) is 15.9 Å². The van der Waals surface area contributed by atoms with E-state index in [4.69, 9.17) is 9.84 Å². The molecule has 0 radical (unpaired) electrons. The molecule has 0 spiro atoms. The maximum absolute atomic E-state index is 11.6. The molecule has 10 nitrogen and oxygen atoms in total. The van der Waals surface area contributed by atoms with Crippen molar-refractivity contribution >= 4 is 29.4 Å². The first kappa shape index (κ1) is 20.0. The molecule has 0 unspecified atom stereocenters. The van der Waals surface area contributed by atoms with Gasteiger partial charge in [0.2, 0.25) is 11.9 Å². The predicted molar refractivity (Wildman–Crippen MR) is 114 cm³/mol. The lowest BCUT2D eigenvalue weighted by Crippen LogP contribution is -2.03. The van der Waals surface area contributed by atoms with Gasteiger partial charge >= 0.3 is 5.97 Å². The van der Waals surface area contributed by atoms with Gasteiger partial charge in [-0.25, -0.2) is 14.8 Å². The molecule has 156 valence electrons. The second-order valence-corrected chi connectivity index (χ2v) is 6.47. The Hall–Kier alpha value is -4.31. The Bertz CT molecular complexity index is 1170. The Morgan fingerprint density at radius 2 is 1.74 bits per heavy atom. The molecule has 0 atom stereocenters. The van der Waals surface area contributed by atoms with Gasteiger partial charge in [-0.15, -0.1) is 0 Å². The number of carbonyl (C=O) groups is 1. The summed E-state index contributed by atoms with van der Waals surface area (Å²) in [6.07, 6.45) is 1.39. The van der Waals surface area contributed by atoms with Crippen molar-refractivity contribution in [2.24, 2.45) is 0 Å². The van der Waals surface area contributed by atoms with Crippen molar-refractivity contribution in [3.05, 3.63) is 72.1 Å². The number of aromatic nitrogens is 5. The number of esters is 1. The van der Waals surface area contributed by atoms with Crippen LogP contribution in [0, 0.1) is 0 Å². The molecule has 0 fully saturated rings. The number of hydrogen-bond acceptors (Lipinski definition) is 9. The Labute approximate surface area is 177 Å². The van der Waals surface area contributed by atoms with Crippen LogP contribution in [0.25, 0.3) is 11.3 Å². The van der Waals surface area contributed by atoms with Gasteiger partial charge in [0.05, 0.1) is 25.0 Å². The minimum atomic E-state index is -0.387. The SMILES string of the molecule is COC(=O)c1ccc(-c2cc(Nc3ncnc(Nc4ccc(CO)cc4)n3)n[nH]2)cc1. The van der Waals surface area contributed by atoms with E-state index in [2.05, 4.69) is 35.8 Å². The molecule has 0 saturated carbocycles. The number of aromatic amines is 1. The zero-order chi connectivity index (χ0) is 21.6. The molecule has 4 aromatic rings. The largest absolute Gasteiger partial charge is 0.465 e. The number of methoxy groups -OCH3 is 1. The first-order valence-electron chi connectivity index (χ1n) is 9.31. The number of H-pyrrole nitrogens is 1. The summed E-state index contributed by atoms with van der Waals surface area (Å²) in [4.78, 5) is 24.1. The topological polar surface area (TPSA) is 138 Å². The average Bonchev–Trinajstić information content (AvgIpc) is 3.28. The number of nitrogens with zero attached hydrogens (tertiary/aromatic N) is 4. The second kappa shape index (κ2) is 9.01. The number of aliphatic hydroxyl groups excluding tert-OH is 1. The highest BCUT2D eigenvalue weighted by atomic mass is 16.5. The first-order valence-corrected chi connectivity index (χ1v) is 9.31. The molecule has 10 heteroatoms. The fraction of sp³-hybridized carbons (Fsp3) is 0.0952. The minimum Gasteiger partial charge on any atom is -0.465 e. The average molecular weight is 417 g/mol. The maximum Gasteiger partial charge on any atom is 0.337 e. The predicted octanol–water partition coefficient (Wildman–Crippen LogP) is 3.03. The van der Waals surface area contributed by atoms with E-state index >= 15 is 0 Å². The highest BCUT2D eigenvalue weighted by molar-refractivity contribution is 5.89. The Kier molecular flexibility index (Phi) is 5.81. The molecule has 2 aromatic heterocycles. The van der Waals surface area contributed by atoms with Gasteiger partial charge < -0.3 is 20.5 Å². The number of carbonyl (C=O) groups excluding carboxylic acids is 1. The van der Waals surface area contributed by atoms with Crippen LogP contribution in [-0.2, 0) is 11.3 Å². The fourth-order valence-electron chi connectivity index (χ4n) is 2.79. The van der Waals surface area contributed by atoms with E-state index in [9.17, 15) is 4.79 Å². The van der Waals surface area contributed by atoms with Gasteiger partial charge in [-0.2, -0.15) is 10.1 Å². The molecular formula is C21H19N7O3. The molecule has 0 saturated heterocycles. The number of anilines is 4. The molecule has 0 amide bonds. The van der Waals surface area contributed by atoms with Crippen LogP contribution in [0.2, 0.25) is 0 Å². The number of ether oxygens (including phenoxy) is 1. The molecule has 0 aliphatic carbocycles. The van der Waals surface area contributed by atoms with Crippen LogP contribution < -0.4 is 10.6 Å². The second-order valence-electron chi connectivity index (χ2n) is 6.47. The third-order valence-electron chi connectivity index (χ3n) is 4.40. The van der Waals surface area contributed by atoms with Gasteiger partial charge in [0, 0.05) is 11.8 Å². The summed E-state index contributed by atoms with van der Waals surface area (Å²) < 4.78 is 4.71. The molecule has 0 aliphatic rings. The molecule has 2 aromatic carbocycles. The molecule has 2 heterocycles. The minimum absolute atomic E-state index is 0.0127. The third kappa shape index (κ3) is 4.82. The molecule has 4 N–H and O–H groups in total. The van der Waals surface area contributed by atoms with Crippen molar-refractivity contribution in [2.75, 3.05) is 17.7 Å². The van der Waals surface area contributed by atoms with E-state index in [0.717, 1.165) is 22.5 Å². The Morgan fingerprint density at radius 3 is 2.42 bits per heavy atom. The van der Waals surface area contributed by atoms with Gasteiger partial charge in [-0.1, -0.05) is 24.3 Å². The number of hydrogen-bond donors (Lipinski definition) is 4. The van der Waals surface area contributed by atoms with Crippen molar-refractivity contribution in [1.29, 1.82) is 0 Å². The quantitative estimate of drug-likeness (QED) is 0.334. The number of benzene rings is 2. The molecule has 0 bridgehead atoms. The van der Waals surface area contributed by atoms with E-state index in [1.807, 2.05) is 24.3 Å². The standard InChI is InChI=1S/C21H19N7O3/c1-31-19(30)15-6-4-14(5-7-15)17-10-18(28-27-17)25-21-23-12-22-20(26-21)24-16-8-2-13(11-29)3-9-16/h2-10,12,29H,11H2,1H3,(H3,22,23,24,25,26,27,28). The van der Waals surface area contributed by atoms with Gasteiger partial charge in [-0.3, -0.25) is 5.10 Å². The van der Waals surface area contributed by atoms with Crippen LogP contribution in [0.3, 0.4) is 0 Å². The van der Waals surface area contributed by atoms with Crippen molar-refractivity contribution in [2.45, 2.75) is 6.61 Å². The van der Waals surface area contributed by atoms with Crippen LogP contribution in [0.15, 0.2) is 60.9 Å². The summed E-state index contributed by atoms with van der Waals surface area (Å²) in [5.41, 5.74) is 3.69. The highest BCUT2D eigenvalue weighted by Crippen LogP contribution is 2.22. The van der Waals surface area contributed by atoms with Gasteiger partial charge in [0.15, 0.2) is 5.82 Å². The lowest BCUT2D eigenvalue weighted by molar-refractivity contribution is 0.0600. The normalized spacial score (nSPS) is 10.5. The van der Waals surface area contributed by atoms with E-state index in [1.165, 1.54) is 13.4 Å². The van der Waals surface area contributed by atoms with Crippen LogP contribution in [-0.4, -0.2) is 43.3 Å². The maximum atomic E-state index is 11.6. The summed E-state index contributed by atoms with van der Waals surface area (Å²) in [6, 6.07) is 16.1. The van der Waals surface area contributed by atoms with Crippen LogP contribution >= 0.6 is 0 Å². The number of nitrogens with one attached hydrogen (secondary N) is 3. The van der Waals surface area contributed by atoms with Crippen molar-refractivity contribution < 1.29 is 14.6 Å². The van der Waals surface area contributed by atoms with Crippen LogP contribution in [0.4, 0.5) is 23.4 Å². The van der Waals surface area contributed by atoms with Gasteiger partial charge in [-0.05, 0) is 35.4 Å². The highest BCUT2D eigenvalue weighted by Gasteiger charge is 2.09. The lowest BCUT2D eigenvalue weighted by Gasteiger charge is -2.06. The molecule has 0 aliphatic heterocycles. The summed E-state index contributed by atoms with van der Waals surface area (Å²) in [5, 5.41) is 22.4. The zero-order valence-corrected chi connectivity index (χ0v) is 16.5. The van der Waals surface area contributed by atoms with Crippen molar-refractivity contribution in [1.82, 2.24) is 25.1 Å². The molecule has 4 rings (SSSR count).